The molecule has 114 valence electrons. The maximum absolute atomic E-state index is 11.5. The molecule has 0 saturated carbocycles. The zero-order valence-corrected chi connectivity index (χ0v) is 13.6. The van der Waals surface area contributed by atoms with Gasteiger partial charge in [0.2, 0.25) is 0 Å². The SMILES string of the molecule is CCCC(=O)ON=C(c1ccc(Cl)cc1)c1ccc(Cl)cc1. The summed E-state index contributed by atoms with van der Waals surface area (Å²) >= 11 is 11.8. The Morgan fingerprint density at radius 3 is 1.82 bits per heavy atom. The maximum Gasteiger partial charge on any atom is 0.335 e. The minimum absolute atomic E-state index is 0.331. The zero-order valence-electron chi connectivity index (χ0n) is 12.1. The molecule has 5 heteroatoms. The molecule has 0 spiro atoms. The van der Waals surface area contributed by atoms with E-state index in [-0.39, 0.29) is 5.97 Å². The Morgan fingerprint density at radius 1 is 0.955 bits per heavy atom. The maximum atomic E-state index is 11.5. The predicted molar refractivity (Wildman–Crippen MR) is 89.5 cm³/mol. The highest BCUT2D eigenvalue weighted by atomic mass is 35.5. The summed E-state index contributed by atoms with van der Waals surface area (Å²) in [6, 6.07) is 14.3. The predicted octanol–water partition coefficient (Wildman–Crippen LogP) is 5.09. The van der Waals surface area contributed by atoms with E-state index in [0.29, 0.717) is 28.6 Å². The molecule has 2 rings (SSSR count). The van der Waals surface area contributed by atoms with E-state index in [9.17, 15) is 4.79 Å². The number of benzene rings is 2. The van der Waals surface area contributed by atoms with Gasteiger partial charge in [0.05, 0.1) is 0 Å². The summed E-state index contributed by atoms with van der Waals surface area (Å²) in [4.78, 5) is 16.5. The first-order valence-corrected chi connectivity index (χ1v) is 7.65. The molecule has 0 amide bonds. The van der Waals surface area contributed by atoms with Crippen LogP contribution in [0.15, 0.2) is 53.7 Å². The monoisotopic (exact) mass is 335 g/mol. The minimum Gasteiger partial charge on any atom is -0.318 e. The van der Waals surface area contributed by atoms with Crippen molar-refractivity contribution >= 4 is 34.9 Å². The highest BCUT2D eigenvalue weighted by Crippen LogP contribution is 2.17. The summed E-state index contributed by atoms with van der Waals surface area (Å²) < 4.78 is 0. The van der Waals surface area contributed by atoms with E-state index in [2.05, 4.69) is 5.16 Å². The molecule has 0 unspecified atom stereocenters. The first kappa shape index (κ1) is 16.5. The first-order valence-electron chi connectivity index (χ1n) is 6.90. The van der Waals surface area contributed by atoms with Crippen molar-refractivity contribution in [2.45, 2.75) is 19.8 Å². The molecule has 0 aliphatic heterocycles. The number of hydrogen-bond donors (Lipinski definition) is 0. The van der Waals surface area contributed by atoms with E-state index in [1.807, 2.05) is 31.2 Å². The molecular weight excluding hydrogens is 321 g/mol. The fraction of sp³-hybridized carbons (Fsp3) is 0.176. The largest absolute Gasteiger partial charge is 0.335 e. The van der Waals surface area contributed by atoms with Gasteiger partial charge in [0.1, 0.15) is 5.71 Å². The molecule has 3 nitrogen and oxygen atoms in total. The van der Waals surface area contributed by atoms with Gasteiger partial charge in [-0.2, -0.15) is 0 Å². The summed E-state index contributed by atoms with van der Waals surface area (Å²) in [6.07, 6.45) is 1.05. The van der Waals surface area contributed by atoms with Crippen molar-refractivity contribution in [2.24, 2.45) is 5.16 Å². The highest BCUT2D eigenvalue weighted by molar-refractivity contribution is 6.31. The molecular formula is C17H15Cl2NO2. The molecule has 2 aromatic rings. The van der Waals surface area contributed by atoms with Crippen LogP contribution in [0.3, 0.4) is 0 Å². The summed E-state index contributed by atoms with van der Waals surface area (Å²) in [7, 11) is 0. The van der Waals surface area contributed by atoms with Crippen molar-refractivity contribution in [1.82, 2.24) is 0 Å². The average Bonchev–Trinajstić information content (AvgIpc) is 2.51. The number of nitrogens with zero attached hydrogens (tertiary/aromatic N) is 1. The van der Waals surface area contributed by atoms with Gasteiger partial charge < -0.3 is 4.84 Å². The third kappa shape index (κ3) is 4.58. The first-order chi connectivity index (χ1) is 10.6. The molecule has 22 heavy (non-hydrogen) atoms. The average molecular weight is 336 g/mol. The van der Waals surface area contributed by atoms with Crippen LogP contribution >= 0.6 is 23.2 Å². The minimum atomic E-state index is -0.358. The van der Waals surface area contributed by atoms with Gasteiger partial charge in [-0.05, 0) is 30.7 Å². The number of halogens is 2. The lowest BCUT2D eigenvalue weighted by atomic mass is 10.0. The molecule has 0 aliphatic rings. The normalized spacial score (nSPS) is 10.1. The van der Waals surface area contributed by atoms with Crippen molar-refractivity contribution < 1.29 is 9.63 Å². The molecule has 2 aromatic carbocycles. The van der Waals surface area contributed by atoms with E-state index in [4.69, 9.17) is 28.0 Å². The summed E-state index contributed by atoms with van der Waals surface area (Å²) in [5.41, 5.74) is 2.16. The Kier molecular flexibility index (Phi) is 5.99. The highest BCUT2D eigenvalue weighted by Gasteiger charge is 2.10. The molecule has 0 N–H and O–H groups in total. The standard InChI is InChI=1S/C17H15Cl2NO2/c1-2-3-16(21)22-20-17(12-4-8-14(18)9-5-12)13-6-10-15(19)11-7-13/h4-11H,2-3H2,1H3. The van der Waals surface area contributed by atoms with Gasteiger partial charge in [-0.25, -0.2) is 4.79 Å². The van der Waals surface area contributed by atoms with Gasteiger partial charge in [0.15, 0.2) is 0 Å². The van der Waals surface area contributed by atoms with Crippen LogP contribution in [0.25, 0.3) is 0 Å². The van der Waals surface area contributed by atoms with Crippen LogP contribution in [0.1, 0.15) is 30.9 Å². The van der Waals surface area contributed by atoms with Gasteiger partial charge in [0.25, 0.3) is 0 Å². The van der Waals surface area contributed by atoms with Gasteiger partial charge in [-0.3, -0.25) is 0 Å². The topological polar surface area (TPSA) is 38.7 Å². The van der Waals surface area contributed by atoms with E-state index in [1.165, 1.54) is 0 Å². The van der Waals surface area contributed by atoms with E-state index < -0.39 is 0 Å². The molecule has 0 heterocycles. The van der Waals surface area contributed by atoms with Crippen molar-refractivity contribution in [3.8, 4) is 0 Å². The lowest BCUT2D eigenvalue weighted by Gasteiger charge is -2.07. The van der Waals surface area contributed by atoms with Crippen LogP contribution in [-0.2, 0) is 9.63 Å². The number of oxime groups is 1. The molecule has 0 fully saturated rings. The van der Waals surface area contributed by atoms with Crippen molar-refractivity contribution in [2.75, 3.05) is 0 Å². The van der Waals surface area contributed by atoms with Crippen molar-refractivity contribution in [3.63, 3.8) is 0 Å². The number of rotatable bonds is 5. The van der Waals surface area contributed by atoms with Crippen LogP contribution in [0.2, 0.25) is 10.0 Å². The van der Waals surface area contributed by atoms with Gasteiger partial charge >= 0.3 is 5.97 Å². The summed E-state index contributed by atoms with van der Waals surface area (Å²) in [5, 5.41) is 5.28. The van der Waals surface area contributed by atoms with Crippen LogP contribution in [0.4, 0.5) is 0 Å². The van der Waals surface area contributed by atoms with E-state index in [1.54, 1.807) is 24.3 Å². The molecule has 0 aliphatic carbocycles. The molecule has 0 aromatic heterocycles. The fourth-order valence-corrected chi connectivity index (χ4v) is 2.09. The van der Waals surface area contributed by atoms with Crippen LogP contribution in [0, 0.1) is 0 Å². The second-order valence-electron chi connectivity index (χ2n) is 4.67. The molecule has 0 radical (unpaired) electrons. The van der Waals surface area contributed by atoms with Crippen LogP contribution < -0.4 is 0 Å². The third-order valence-corrected chi connectivity index (χ3v) is 3.43. The van der Waals surface area contributed by atoms with E-state index >= 15 is 0 Å². The fourth-order valence-electron chi connectivity index (χ4n) is 1.83. The molecule has 0 saturated heterocycles. The Bertz CT molecular complexity index is 617. The second-order valence-corrected chi connectivity index (χ2v) is 5.54. The summed E-state index contributed by atoms with van der Waals surface area (Å²) in [6.45, 7) is 1.91. The quantitative estimate of drug-likeness (QED) is 0.433. The van der Waals surface area contributed by atoms with Crippen LogP contribution in [0.5, 0.6) is 0 Å². The third-order valence-electron chi connectivity index (χ3n) is 2.93. The smallest absolute Gasteiger partial charge is 0.318 e. The Hall–Kier alpha value is -1.84. The van der Waals surface area contributed by atoms with Gasteiger partial charge in [-0.15, -0.1) is 0 Å². The molecule has 0 atom stereocenters. The molecule has 0 bridgehead atoms. The Labute approximate surface area is 139 Å². The number of carbonyl (C=O) groups is 1. The summed E-state index contributed by atoms with van der Waals surface area (Å²) in [5.74, 6) is -0.358. The lowest BCUT2D eigenvalue weighted by molar-refractivity contribution is -0.143. The zero-order chi connectivity index (χ0) is 15.9. The lowest BCUT2D eigenvalue weighted by Crippen LogP contribution is -2.07. The van der Waals surface area contributed by atoms with Crippen molar-refractivity contribution in [1.29, 1.82) is 0 Å². The van der Waals surface area contributed by atoms with Gasteiger partial charge in [-0.1, -0.05) is 59.5 Å². The van der Waals surface area contributed by atoms with E-state index in [0.717, 1.165) is 11.1 Å². The second kappa shape index (κ2) is 7.97. The van der Waals surface area contributed by atoms with Crippen molar-refractivity contribution in [3.05, 3.63) is 69.7 Å². The van der Waals surface area contributed by atoms with Crippen LogP contribution in [-0.4, -0.2) is 11.7 Å². The number of carbonyl (C=O) groups excluding carboxylic acids is 1. The Balaban J connectivity index is 2.35. The Morgan fingerprint density at radius 2 is 1.41 bits per heavy atom. The van der Waals surface area contributed by atoms with Gasteiger partial charge in [0, 0.05) is 27.6 Å². The number of hydrogen-bond acceptors (Lipinski definition) is 3.